The molecule has 0 saturated heterocycles. The van der Waals surface area contributed by atoms with Crippen LogP contribution < -0.4 is 19.8 Å². The molecule has 5 aromatic rings. The van der Waals surface area contributed by atoms with Crippen molar-refractivity contribution in [3.63, 3.8) is 0 Å². The van der Waals surface area contributed by atoms with E-state index in [1.54, 1.807) is 37.3 Å². The van der Waals surface area contributed by atoms with Gasteiger partial charge in [-0.25, -0.2) is 4.39 Å². The highest BCUT2D eigenvalue weighted by molar-refractivity contribution is 6.17. The summed E-state index contributed by atoms with van der Waals surface area (Å²) in [4.78, 5) is 46.7. The fraction of sp³-hybridized carbons (Fsp3) is 0.194. The summed E-state index contributed by atoms with van der Waals surface area (Å²) in [6, 6.07) is 24.0. The molecule has 7 rings (SSSR count). The zero-order valence-corrected chi connectivity index (χ0v) is 24.9. The van der Waals surface area contributed by atoms with Crippen LogP contribution in [0.25, 0.3) is 11.0 Å². The standard InChI is InChI=1S/C36H29FN2O6/c1-21-7-6-8-23(17-21)20-38-27-10-5-4-9-26(27)36(35(38)42)31-32(40)25-19-24(37)12-14-28(25)45-33(31)34(41)39(36)16-15-22-11-13-29(43-2)30(18-22)44-3/h4-14,17-19H,15-16,20H2,1-3H3. The number of hydrogen-bond acceptors (Lipinski definition) is 6. The van der Waals surface area contributed by atoms with Crippen LogP contribution in [-0.4, -0.2) is 37.5 Å². The highest BCUT2D eigenvalue weighted by Crippen LogP contribution is 2.53. The molecule has 1 atom stereocenters. The molecule has 0 N–H and O–H groups in total. The molecule has 2 aliphatic heterocycles. The predicted molar refractivity (Wildman–Crippen MR) is 166 cm³/mol. The molecule has 0 bridgehead atoms. The Morgan fingerprint density at radius 2 is 1.64 bits per heavy atom. The Bertz CT molecular complexity index is 2090. The third-order valence-electron chi connectivity index (χ3n) is 8.69. The SMILES string of the molecule is COc1ccc(CCN2C(=O)c3oc4ccc(F)cc4c(=O)c3C23C(=O)N(Cc2cccc(C)c2)c2ccccc23)cc1OC. The second-order valence-corrected chi connectivity index (χ2v) is 11.3. The molecule has 0 fully saturated rings. The van der Waals surface area contributed by atoms with Crippen LogP contribution in [0.5, 0.6) is 11.5 Å². The van der Waals surface area contributed by atoms with Gasteiger partial charge in [-0.15, -0.1) is 0 Å². The number of anilines is 1. The smallest absolute Gasteiger partial charge is 0.291 e. The third kappa shape index (κ3) is 4.22. The van der Waals surface area contributed by atoms with Crippen LogP contribution in [0.4, 0.5) is 10.1 Å². The molecule has 8 nitrogen and oxygen atoms in total. The quantitative estimate of drug-likeness (QED) is 0.235. The largest absolute Gasteiger partial charge is 0.493 e. The minimum Gasteiger partial charge on any atom is -0.493 e. The van der Waals surface area contributed by atoms with Crippen LogP contribution in [0, 0.1) is 12.7 Å². The van der Waals surface area contributed by atoms with E-state index in [4.69, 9.17) is 13.9 Å². The number of carbonyl (C=O) groups excluding carboxylic acids is 2. The van der Waals surface area contributed by atoms with Crippen LogP contribution in [-0.2, 0) is 23.3 Å². The summed E-state index contributed by atoms with van der Waals surface area (Å²) in [5.41, 5.74) is 1.37. The fourth-order valence-corrected chi connectivity index (χ4v) is 6.69. The van der Waals surface area contributed by atoms with Crippen molar-refractivity contribution in [2.75, 3.05) is 25.7 Å². The molecule has 3 heterocycles. The minimum atomic E-state index is -1.81. The van der Waals surface area contributed by atoms with E-state index in [9.17, 15) is 18.8 Å². The predicted octanol–water partition coefficient (Wildman–Crippen LogP) is 5.75. The number of methoxy groups -OCH3 is 2. The normalized spacial score (nSPS) is 16.9. The zero-order valence-electron chi connectivity index (χ0n) is 24.9. The molecule has 0 aliphatic carbocycles. The van der Waals surface area contributed by atoms with Crippen molar-refractivity contribution in [2.24, 2.45) is 0 Å². The summed E-state index contributed by atoms with van der Waals surface area (Å²) in [6.07, 6.45) is 0.331. The average molecular weight is 605 g/mol. The summed E-state index contributed by atoms with van der Waals surface area (Å²) in [6.45, 7) is 2.27. The van der Waals surface area contributed by atoms with Gasteiger partial charge in [-0.3, -0.25) is 14.4 Å². The van der Waals surface area contributed by atoms with E-state index < -0.39 is 28.6 Å². The summed E-state index contributed by atoms with van der Waals surface area (Å²) in [5, 5.41) is -0.0370. The molecule has 226 valence electrons. The maximum Gasteiger partial charge on any atom is 0.291 e. The Kier molecular flexibility index (Phi) is 6.69. The minimum absolute atomic E-state index is 0.0370. The van der Waals surface area contributed by atoms with Crippen LogP contribution >= 0.6 is 0 Å². The molecule has 0 radical (unpaired) electrons. The number of rotatable bonds is 7. The van der Waals surface area contributed by atoms with Gasteiger partial charge in [0.2, 0.25) is 5.76 Å². The van der Waals surface area contributed by atoms with Gasteiger partial charge in [0.1, 0.15) is 11.4 Å². The van der Waals surface area contributed by atoms with Crippen molar-refractivity contribution in [1.82, 2.24) is 4.90 Å². The van der Waals surface area contributed by atoms with Gasteiger partial charge >= 0.3 is 0 Å². The van der Waals surface area contributed by atoms with Crippen LogP contribution in [0.2, 0.25) is 0 Å². The van der Waals surface area contributed by atoms with E-state index in [1.807, 2.05) is 55.5 Å². The Morgan fingerprint density at radius 1 is 0.844 bits per heavy atom. The van der Waals surface area contributed by atoms with Crippen molar-refractivity contribution in [3.05, 3.63) is 135 Å². The summed E-state index contributed by atoms with van der Waals surface area (Å²) in [5.74, 6) is -0.799. The topological polar surface area (TPSA) is 89.3 Å². The highest BCUT2D eigenvalue weighted by Gasteiger charge is 2.64. The Balaban J connectivity index is 1.43. The van der Waals surface area contributed by atoms with Crippen LogP contribution in [0.3, 0.4) is 0 Å². The molecule has 1 aromatic heterocycles. The maximum absolute atomic E-state index is 15.0. The van der Waals surface area contributed by atoms with E-state index in [0.717, 1.165) is 22.8 Å². The first-order valence-corrected chi connectivity index (χ1v) is 14.5. The molecular formula is C36H29FN2O6. The second kappa shape index (κ2) is 10.6. The summed E-state index contributed by atoms with van der Waals surface area (Å²) >= 11 is 0. The maximum atomic E-state index is 15.0. The van der Waals surface area contributed by atoms with E-state index >= 15 is 0 Å². The van der Waals surface area contributed by atoms with Gasteiger partial charge in [-0.05, 0) is 60.9 Å². The Hall–Kier alpha value is -5.44. The first-order valence-electron chi connectivity index (χ1n) is 14.5. The number of para-hydroxylation sites is 1. The van der Waals surface area contributed by atoms with Crippen molar-refractivity contribution in [2.45, 2.75) is 25.4 Å². The lowest BCUT2D eigenvalue weighted by Crippen LogP contribution is -2.53. The molecule has 1 spiro atoms. The second-order valence-electron chi connectivity index (χ2n) is 11.3. The van der Waals surface area contributed by atoms with Crippen LogP contribution in [0.15, 0.2) is 94.1 Å². The Labute approximate surface area is 258 Å². The van der Waals surface area contributed by atoms with Gasteiger partial charge in [0, 0.05) is 12.1 Å². The van der Waals surface area contributed by atoms with Gasteiger partial charge in [0.05, 0.1) is 37.4 Å². The van der Waals surface area contributed by atoms with E-state index in [2.05, 4.69) is 0 Å². The third-order valence-corrected chi connectivity index (χ3v) is 8.69. The number of fused-ring (bicyclic) bond motifs is 5. The fourth-order valence-electron chi connectivity index (χ4n) is 6.69. The summed E-state index contributed by atoms with van der Waals surface area (Å²) < 4.78 is 31.3. The lowest BCUT2D eigenvalue weighted by molar-refractivity contribution is -0.126. The number of nitrogens with zero attached hydrogens (tertiary/aromatic N) is 2. The van der Waals surface area contributed by atoms with Crippen molar-refractivity contribution >= 4 is 28.5 Å². The van der Waals surface area contributed by atoms with Gasteiger partial charge in [0.25, 0.3) is 11.8 Å². The molecule has 2 amide bonds. The number of aryl methyl sites for hydroxylation is 1. The van der Waals surface area contributed by atoms with E-state index in [-0.39, 0.29) is 35.4 Å². The first-order chi connectivity index (χ1) is 21.8. The first kappa shape index (κ1) is 28.3. The van der Waals surface area contributed by atoms with Gasteiger partial charge in [-0.1, -0.05) is 54.1 Å². The van der Waals surface area contributed by atoms with Crippen molar-refractivity contribution in [3.8, 4) is 11.5 Å². The number of benzene rings is 4. The number of ether oxygens (including phenoxy) is 2. The molecule has 1 unspecified atom stereocenters. The monoisotopic (exact) mass is 604 g/mol. The molecule has 4 aromatic carbocycles. The molecule has 45 heavy (non-hydrogen) atoms. The molecular weight excluding hydrogens is 575 g/mol. The van der Waals surface area contributed by atoms with E-state index in [0.29, 0.717) is 29.2 Å². The molecule has 2 aliphatic rings. The van der Waals surface area contributed by atoms with Gasteiger partial charge < -0.3 is 23.7 Å². The van der Waals surface area contributed by atoms with Gasteiger partial charge in [-0.2, -0.15) is 0 Å². The lowest BCUT2D eigenvalue weighted by atomic mass is 9.83. The lowest BCUT2D eigenvalue weighted by Gasteiger charge is -2.34. The van der Waals surface area contributed by atoms with Crippen molar-refractivity contribution < 1.29 is 27.9 Å². The molecule has 9 heteroatoms. The van der Waals surface area contributed by atoms with Gasteiger partial charge in [0.15, 0.2) is 22.5 Å². The summed E-state index contributed by atoms with van der Waals surface area (Å²) in [7, 11) is 3.09. The Morgan fingerprint density at radius 3 is 2.42 bits per heavy atom. The van der Waals surface area contributed by atoms with E-state index in [1.165, 1.54) is 17.0 Å². The zero-order chi connectivity index (χ0) is 31.5. The number of hydrogen-bond donors (Lipinski definition) is 0. The number of halogens is 1. The number of amides is 2. The average Bonchev–Trinajstić information content (AvgIpc) is 3.44. The molecule has 0 saturated carbocycles. The van der Waals surface area contributed by atoms with Crippen LogP contribution in [0.1, 0.15) is 38.4 Å². The van der Waals surface area contributed by atoms with Crippen molar-refractivity contribution in [1.29, 1.82) is 0 Å². The number of carbonyl (C=O) groups is 2. The highest BCUT2D eigenvalue weighted by atomic mass is 19.1.